The van der Waals surface area contributed by atoms with Crippen molar-refractivity contribution >= 4 is 33.4 Å². The van der Waals surface area contributed by atoms with E-state index in [2.05, 4.69) is 233 Å². The summed E-state index contributed by atoms with van der Waals surface area (Å²) in [4.78, 5) is 13.5. The van der Waals surface area contributed by atoms with Crippen molar-refractivity contribution < 1.29 is 60.7 Å². The van der Waals surface area contributed by atoms with E-state index >= 15 is 0 Å². The van der Waals surface area contributed by atoms with Crippen LogP contribution in [0, 0.1) is 36.9 Å². The van der Waals surface area contributed by atoms with E-state index in [1.807, 2.05) is 33.4 Å². The second-order valence-corrected chi connectivity index (χ2v) is 19.8. The molecular formula is C60H54N8O2Pt2-4. The predicted octanol–water partition coefficient (Wildman–Crippen LogP) is 11.7. The number of anilines is 2. The molecule has 0 spiro atoms. The van der Waals surface area contributed by atoms with Gasteiger partial charge in [0.2, 0.25) is 0 Å². The molecule has 0 radical (unpaired) electrons. The van der Waals surface area contributed by atoms with Gasteiger partial charge in [0.15, 0.2) is 0 Å². The third-order valence-corrected chi connectivity index (χ3v) is 12.2. The zero-order valence-electron chi connectivity index (χ0n) is 41.9. The molecule has 10 nitrogen and oxygen atoms in total. The van der Waals surface area contributed by atoms with Crippen LogP contribution in [-0.4, -0.2) is 47.3 Å². The van der Waals surface area contributed by atoms with Gasteiger partial charge in [-0.05, 0) is 58.9 Å². The number of rotatable bonds is 11. The molecule has 370 valence electrons. The fourth-order valence-corrected chi connectivity index (χ4v) is 8.51. The first-order valence-corrected chi connectivity index (χ1v) is 23.3. The van der Waals surface area contributed by atoms with E-state index in [9.17, 15) is 0 Å². The largest absolute Gasteiger partial charge is 0.511 e. The van der Waals surface area contributed by atoms with Crippen LogP contribution in [0.1, 0.15) is 52.7 Å². The monoisotopic (exact) mass is 1310 g/mol. The van der Waals surface area contributed by atoms with Crippen LogP contribution in [0.3, 0.4) is 0 Å². The van der Waals surface area contributed by atoms with Crippen LogP contribution >= 0.6 is 0 Å². The first kappa shape index (κ1) is 51.5. The van der Waals surface area contributed by atoms with Crippen molar-refractivity contribution in [3.8, 4) is 57.1 Å². The van der Waals surface area contributed by atoms with Crippen LogP contribution in [0.15, 0.2) is 146 Å². The normalized spacial score (nSPS) is 11.5. The molecule has 0 unspecified atom stereocenters. The Morgan fingerprint density at radius 3 is 1.22 bits per heavy atom. The van der Waals surface area contributed by atoms with Crippen molar-refractivity contribution in [2.45, 2.75) is 52.4 Å². The summed E-state index contributed by atoms with van der Waals surface area (Å²) in [6, 6.07) is 59.0. The molecule has 4 heterocycles. The molecule has 0 aliphatic heterocycles. The topological polar surface area (TPSA) is 68.3 Å². The number of hydrogen-bond donors (Lipinski definition) is 0. The number of aromatic nitrogens is 6. The van der Waals surface area contributed by atoms with Crippen LogP contribution in [0.5, 0.6) is 23.0 Å². The summed E-state index contributed by atoms with van der Waals surface area (Å²) in [5.41, 5.74) is 12.4. The maximum atomic E-state index is 6.62. The number of benzene rings is 6. The molecule has 12 heteroatoms. The Morgan fingerprint density at radius 1 is 0.458 bits per heavy atom. The SMILES string of the molecule is CN(C)c1ccccc1-n1[c-][n+](-c2[c-]c(Oc3[c-]c(-c4[c-]c(Oc5[c-]c(-[n+]6[c-]n(-c7ccccc7N(C)C)c7ccccc76)cc(C(C)(C)C)c5)ccn4)ncc3)cc(C(C)(C)C)c2)c2ccccc21.[Pt].[Pt]. The zero-order chi connectivity index (χ0) is 48.9. The Labute approximate surface area is 451 Å². The summed E-state index contributed by atoms with van der Waals surface area (Å²) >= 11 is 0. The van der Waals surface area contributed by atoms with Crippen LogP contribution in [-0.2, 0) is 53.0 Å². The zero-order valence-corrected chi connectivity index (χ0v) is 46.4. The first-order valence-electron chi connectivity index (χ1n) is 23.3. The van der Waals surface area contributed by atoms with E-state index < -0.39 is 0 Å². The van der Waals surface area contributed by atoms with E-state index in [-0.39, 0.29) is 53.0 Å². The van der Waals surface area contributed by atoms with Gasteiger partial charge < -0.3 is 38.4 Å². The number of hydrogen-bond acceptors (Lipinski definition) is 6. The Kier molecular flexibility index (Phi) is 14.8. The molecule has 0 fully saturated rings. The number of para-hydroxylation sites is 8. The quantitative estimate of drug-likeness (QED) is 0.0949. The van der Waals surface area contributed by atoms with Gasteiger partial charge in [-0.1, -0.05) is 114 Å². The van der Waals surface area contributed by atoms with E-state index in [1.54, 1.807) is 24.5 Å². The number of fused-ring (bicyclic) bond motifs is 2. The van der Waals surface area contributed by atoms with Crippen molar-refractivity contribution in [3.05, 3.63) is 194 Å². The van der Waals surface area contributed by atoms with Crippen LogP contribution in [0.2, 0.25) is 0 Å². The van der Waals surface area contributed by atoms with Gasteiger partial charge in [0, 0.05) is 105 Å². The minimum absolute atomic E-state index is 0. The molecule has 0 atom stereocenters. The maximum absolute atomic E-state index is 6.62. The first-order chi connectivity index (χ1) is 33.6. The van der Waals surface area contributed by atoms with Gasteiger partial charge in [0.25, 0.3) is 12.7 Å². The third kappa shape index (κ3) is 10.4. The van der Waals surface area contributed by atoms with E-state index in [1.165, 1.54) is 0 Å². The van der Waals surface area contributed by atoms with E-state index in [0.29, 0.717) is 34.4 Å². The smallest absolute Gasteiger partial charge is 0.268 e. The van der Waals surface area contributed by atoms with Gasteiger partial charge in [-0.25, -0.2) is 0 Å². The van der Waals surface area contributed by atoms with Crippen molar-refractivity contribution in [1.82, 2.24) is 19.1 Å². The number of nitrogens with zero attached hydrogens (tertiary/aromatic N) is 8. The summed E-state index contributed by atoms with van der Waals surface area (Å²) < 4.78 is 21.5. The summed E-state index contributed by atoms with van der Waals surface area (Å²) in [5, 5.41) is 0. The van der Waals surface area contributed by atoms with Gasteiger partial charge in [0.05, 0.1) is 33.4 Å². The molecule has 10 rings (SSSR count). The molecule has 0 saturated carbocycles. The van der Waals surface area contributed by atoms with Crippen molar-refractivity contribution in [2.75, 3.05) is 38.0 Å². The van der Waals surface area contributed by atoms with Gasteiger partial charge in [0.1, 0.15) is 0 Å². The molecule has 0 saturated heterocycles. The Hall–Kier alpha value is -6.86. The molecule has 10 aromatic rings. The van der Waals surface area contributed by atoms with E-state index in [4.69, 9.17) is 9.47 Å². The number of pyridine rings is 2. The Balaban J connectivity index is 0.00000347. The third-order valence-electron chi connectivity index (χ3n) is 12.2. The fourth-order valence-electron chi connectivity index (χ4n) is 8.51. The number of ether oxygens (including phenoxy) is 2. The van der Waals surface area contributed by atoms with Crippen molar-refractivity contribution in [2.24, 2.45) is 0 Å². The van der Waals surface area contributed by atoms with Gasteiger partial charge in [-0.15, -0.1) is 47.8 Å². The average molecular weight is 1310 g/mol. The molecule has 0 bridgehead atoms. The molecule has 0 aliphatic rings. The molecule has 0 amide bonds. The van der Waals surface area contributed by atoms with E-state index in [0.717, 1.165) is 67.3 Å². The summed E-state index contributed by atoms with van der Waals surface area (Å²) in [7, 11) is 8.21. The van der Waals surface area contributed by atoms with Crippen LogP contribution in [0.25, 0.3) is 56.2 Å². The molecule has 4 aromatic heterocycles. The fraction of sp³-hybridized carbons (Fsp3) is 0.200. The number of imidazole rings is 2. The molecule has 72 heavy (non-hydrogen) atoms. The summed E-state index contributed by atoms with van der Waals surface area (Å²) in [6.45, 7) is 13.1. The van der Waals surface area contributed by atoms with Crippen molar-refractivity contribution in [1.29, 1.82) is 0 Å². The second kappa shape index (κ2) is 20.7. The Bertz CT molecular complexity index is 3330. The van der Waals surface area contributed by atoms with Crippen LogP contribution < -0.4 is 28.4 Å². The van der Waals surface area contributed by atoms with Gasteiger partial charge in [-0.2, -0.15) is 35.4 Å². The minimum Gasteiger partial charge on any atom is -0.511 e. The summed E-state index contributed by atoms with van der Waals surface area (Å²) in [5.74, 6) is 1.96. The molecular weight excluding hydrogens is 1250 g/mol. The molecule has 0 aliphatic carbocycles. The summed E-state index contributed by atoms with van der Waals surface area (Å²) in [6.07, 6.45) is 10.7. The molecule has 6 aromatic carbocycles. The van der Waals surface area contributed by atoms with Gasteiger partial charge >= 0.3 is 0 Å². The molecule has 0 N–H and O–H groups in total. The predicted molar refractivity (Wildman–Crippen MR) is 276 cm³/mol. The van der Waals surface area contributed by atoms with Crippen molar-refractivity contribution in [3.63, 3.8) is 0 Å². The van der Waals surface area contributed by atoms with Crippen LogP contribution in [0.4, 0.5) is 11.4 Å². The second-order valence-electron chi connectivity index (χ2n) is 19.8. The minimum atomic E-state index is -0.205. The maximum Gasteiger partial charge on any atom is 0.268 e. The average Bonchev–Trinajstić information content (AvgIpc) is 3.93. The Morgan fingerprint density at radius 2 is 0.833 bits per heavy atom. The standard InChI is InChI=1S/C60H54N8O2.2Pt/c1-59(2,3)41-31-43(65-39-67(57-25-17-15-23-55(57)65)53-21-13-11-19-51(53)63(7)8)35-47(33-41)69-45-27-29-61-49(37-45)50-38-46(28-30-62-50)70-48-34-42(60(4,5)6)32-44(36-48)66-40-68(58-26-18-16-24-56(58)66)54-22-14-12-20-52(54)64(9)10;;/h11-34H,1-10H3;;/q-4;;. The van der Waals surface area contributed by atoms with Gasteiger partial charge in [-0.3, -0.25) is 9.13 Å².